The Morgan fingerprint density at radius 2 is 2.10 bits per heavy atom. The van der Waals surface area contributed by atoms with Crippen LogP contribution in [0.25, 0.3) is 22.6 Å². The molecule has 0 bridgehead atoms. The van der Waals surface area contributed by atoms with E-state index in [1.807, 2.05) is 26.8 Å². The number of hydrogen-bond acceptors (Lipinski definition) is 8. The van der Waals surface area contributed by atoms with Crippen molar-refractivity contribution in [2.45, 2.75) is 58.7 Å². The quantitative estimate of drug-likeness (QED) is 0.600. The molecule has 1 aliphatic heterocycles. The molecule has 1 aliphatic rings. The zero-order chi connectivity index (χ0) is 22.0. The number of ether oxygens (including phenoxy) is 1. The van der Waals surface area contributed by atoms with Crippen LogP contribution >= 0.6 is 0 Å². The van der Waals surface area contributed by atoms with Gasteiger partial charge in [0.2, 0.25) is 0 Å². The largest absolute Gasteiger partial charge is 0.451 e. The molecule has 0 atom stereocenters. The lowest BCUT2D eigenvalue weighted by atomic mass is 10.0. The number of hydrogen-bond donors (Lipinski definition) is 0. The molecule has 0 spiro atoms. The van der Waals surface area contributed by atoms with Gasteiger partial charge in [0, 0.05) is 36.9 Å². The first-order valence-electron chi connectivity index (χ1n) is 10.7. The summed E-state index contributed by atoms with van der Waals surface area (Å²) in [5, 5.41) is 5.03. The minimum Gasteiger partial charge on any atom is -0.451 e. The van der Waals surface area contributed by atoms with E-state index in [1.165, 1.54) is 0 Å². The molecule has 0 saturated carbocycles. The lowest BCUT2D eigenvalue weighted by Gasteiger charge is -2.38. The number of carbonyl (C=O) groups excluding carboxylic acids is 1. The fourth-order valence-corrected chi connectivity index (χ4v) is 3.83. The Morgan fingerprint density at radius 3 is 2.77 bits per heavy atom. The molecule has 1 amide bonds. The van der Waals surface area contributed by atoms with E-state index in [-0.39, 0.29) is 6.09 Å². The average molecular weight is 428 g/mol. The molecule has 0 N–H and O–H groups in total. The Hall–Kier alpha value is -2.94. The van der Waals surface area contributed by atoms with Crippen LogP contribution in [0, 0.1) is 0 Å². The van der Waals surface area contributed by atoms with Crippen LogP contribution in [0.4, 0.5) is 4.79 Å². The van der Waals surface area contributed by atoms with Crippen LogP contribution in [0.5, 0.6) is 0 Å². The number of furan rings is 1. The summed E-state index contributed by atoms with van der Waals surface area (Å²) in [6.45, 7) is 10.6. The Labute approximate surface area is 181 Å². The van der Waals surface area contributed by atoms with Crippen molar-refractivity contribution in [3.8, 4) is 11.7 Å². The summed E-state index contributed by atoms with van der Waals surface area (Å²) in [6.07, 6.45) is 4.95. The van der Waals surface area contributed by atoms with Gasteiger partial charge in [-0.05, 0) is 52.3 Å². The Kier molecular flexibility index (Phi) is 5.95. The molecule has 0 aromatic carbocycles. The van der Waals surface area contributed by atoms with Gasteiger partial charge in [0.15, 0.2) is 11.6 Å². The number of aromatic nitrogens is 3. The van der Waals surface area contributed by atoms with Gasteiger partial charge in [0.25, 0.3) is 5.89 Å². The van der Waals surface area contributed by atoms with Crippen LogP contribution in [0.3, 0.4) is 0 Å². The van der Waals surface area contributed by atoms with Gasteiger partial charge in [-0.1, -0.05) is 12.1 Å². The standard InChI is InChI=1S/C22H29N5O4/c1-5-26(16-7-10-27(11-8-16)21(28)30-22(2,3)4)14-19-24-20(31-25-19)18-12-15-13-23-9-6-17(15)29-18/h6,9,12-13,16H,5,7-8,10-11,14H2,1-4H3. The normalized spacial score (nSPS) is 15.7. The number of fused-ring (bicyclic) bond motifs is 1. The highest BCUT2D eigenvalue weighted by atomic mass is 16.6. The van der Waals surface area contributed by atoms with Crippen molar-refractivity contribution in [1.82, 2.24) is 24.9 Å². The van der Waals surface area contributed by atoms with Crippen LogP contribution in [0.15, 0.2) is 33.5 Å². The summed E-state index contributed by atoms with van der Waals surface area (Å²) in [7, 11) is 0. The van der Waals surface area contributed by atoms with Crippen LogP contribution in [-0.4, -0.2) is 62.3 Å². The van der Waals surface area contributed by atoms with E-state index < -0.39 is 5.60 Å². The van der Waals surface area contributed by atoms with E-state index in [0.717, 1.165) is 30.4 Å². The van der Waals surface area contributed by atoms with Crippen molar-refractivity contribution in [2.75, 3.05) is 19.6 Å². The van der Waals surface area contributed by atoms with Crippen molar-refractivity contribution in [3.05, 3.63) is 30.4 Å². The predicted octanol–water partition coefficient (Wildman–Crippen LogP) is 4.10. The average Bonchev–Trinajstić information content (AvgIpc) is 3.37. The molecule has 4 heterocycles. The minimum atomic E-state index is -0.476. The SMILES string of the molecule is CCN(Cc1noc(-c2cc3cnccc3o2)n1)C1CCN(C(=O)OC(C)(C)C)CC1. The van der Waals surface area contributed by atoms with E-state index in [1.54, 1.807) is 23.4 Å². The van der Waals surface area contributed by atoms with Crippen LogP contribution in [0.1, 0.15) is 46.4 Å². The molecule has 3 aromatic heterocycles. The molecule has 0 radical (unpaired) electrons. The molecule has 1 fully saturated rings. The highest BCUT2D eigenvalue weighted by molar-refractivity contribution is 5.80. The van der Waals surface area contributed by atoms with Gasteiger partial charge in [0.05, 0.1) is 6.54 Å². The summed E-state index contributed by atoms with van der Waals surface area (Å²) in [5.41, 5.74) is 0.257. The van der Waals surface area contributed by atoms with E-state index >= 15 is 0 Å². The fraction of sp³-hybridized carbons (Fsp3) is 0.545. The highest BCUT2D eigenvalue weighted by Gasteiger charge is 2.29. The summed E-state index contributed by atoms with van der Waals surface area (Å²) in [6, 6.07) is 4.00. The maximum Gasteiger partial charge on any atom is 0.410 e. The Morgan fingerprint density at radius 1 is 1.32 bits per heavy atom. The van der Waals surface area contributed by atoms with Gasteiger partial charge >= 0.3 is 6.09 Å². The van der Waals surface area contributed by atoms with E-state index in [4.69, 9.17) is 13.7 Å². The molecule has 9 nitrogen and oxygen atoms in total. The molecule has 3 aromatic rings. The second-order valence-electron chi connectivity index (χ2n) is 8.80. The summed E-state index contributed by atoms with van der Waals surface area (Å²) < 4.78 is 16.7. The number of carbonyl (C=O) groups is 1. The van der Waals surface area contributed by atoms with Gasteiger partial charge in [-0.3, -0.25) is 9.88 Å². The number of rotatable bonds is 5. The van der Waals surface area contributed by atoms with Crippen LogP contribution < -0.4 is 0 Å². The molecule has 31 heavy (non-hydrogen) atoms. The molecule has 9 heteroatoms. The van der Waals surface area contributed by atoms with Crippen LogP contribution in [0.2, 0.25) is 0 Å². The van der Waals surface area contributed by atoms with Gasteiger partial charge in [-0.25, -0.2) is 4.79 Å². The lowest BCUT2D eigenvalue weighted by Crippen LogP contribution is -2.47. The second kappa shape index (κ2) is 8.66. The predicted molar refractivity (Wildman–Crippen MR) is 114 cm³/mol. The first kappa shape index (κ1) is 21.3. The molecular weight excluding hydrogens is 398 g/mol. The summed E-state index contributed by atoms with van der Waals surface area (Å²) >= 11 is 0. The molecule has 4 rings (SSSR count). The lowest BCUT2D eigenvalue weighted by molar-refractivity contribution is 0.0139. The number of amides is 1. The fourth-order valence-electron chi connectivity index (χ4n) is 3.83. The minimum absolute atomic E-state index is 0.238. The van der Waals surface area contributed by atoms with Gasteiger partial charge in [-0.15, -0.1) is 0 Å². The highest BCUT2D eigenvalue weighted by Crippen LogP contribution is 2.26. The smallest absolute Gasteiger partial charge is 0.410 e. The second-order valence-corrected chi connectivity index (χ2v) is 8.80. The maximum absolute atomic E-state index is 12.3. The van der Waals surface area contributed by atoms with Crippen molar-refractivity contribution in [1.29, 1.82) is 0 Å². The van der Waals surface area contributed by atoms with Gasteiger partial charge < -0.3 is 18.6 Å². The zero-order valence-corrected chi connectivity index (χ0v) is 18.5. The molecule has 166 valence electrons. The first-order chi connectivity index (χ1) is 14.8. The van der Waals surface area contributed by atoms with Crippen molar-refractivity contribution >= 4 is 17.1 Å². The third kappa shape index (κ3) is 5.04. The Bertz CT molecular complexity index is 997. The third-order valence-electron chi connectivity index (χ3n) is 5.38. The zero-order valence-electron chi connectivity index (χ0n) is 18.5. The number of nitrogens with zero attached hydrogens (tertiary/aromatic N) is 5. The number of likely N-dealkylation sites (tertiary alicyclic amines) is 1. The summed E-state index contributed by atoms with van der Waals surface area (Å²) in [4.78, 5) is 25.0. The van der Waals surface area contributed by atoms with E-state index in [9.17, 15) is 4.79 Å². The third-order valence-corrected chi connectivity index (χ3v) is 5.38. The molecular formula is C22H29N5O4. The van der Waals surface area contributed by atoms with Crippen molar-refractivity contribution in [3.63, 3.8) is 0 Å². The van der Waals surface area contributed by atoms with Crippen LogP contribution in [-0.2, 0) is 11.3 Å². The Balaban J connectivity index is 1.36. The van der Waals surface area contributed by atoms with Gasteiger partial charge in [-0.2, -0.15) is 4.98 Å². The number of pyridine rings is 1. The van der Waals surface area contributed by atoms with E-state index in [2.05, 4.69) is 26.9 Å². The maximum atomic E-state index is 12.3. The van der Waals surface area contributed by atoms with E-state index in [0.29, 0.717) is 43.2 Å². The topological polar surface area (TPSA) is 97.7 Å². The monoisotopic (exact) mass is 427 g/mol. The molecule has 0 unspecified atom stereocenters. The summed E-state index contributed by atoms with van der Waals surface area (Å²) in [5.74, 6) is 1.52. The molecule has 0 aliphatic carbocycles. The first-order valence-corrected chi connectivity index (χ1v) is 10.7. The van der Waals surface area contributed by atoms with Crippen molar-refractivity contribution < 1.29 is 18.5 Å². The van der Waals surface area contributed by atoms with Crippen molar-refractivity contribution in [2.24, 2.45) is 0 Å². The number of piperidine rings is 1. The van der Waals surface area contributed by atoms with Gasteiger partial charge in [0.1, 0.15) is 11.2 Å². The molecule has 1 saturated heterocycles.